The van der Waals surface area contributed by atoms with Crippen LogP contribution >= 0.6 is 11.6 Å². The molecule has 4 heterocycles. The average Bonchev–Trinajstić information content (AvgIpc) is 3.04. The van der Waals surface area contributed by atoms with E-state index >= 15 is 0 Å². The number of aromatic nitrogens is 4. The Morgan fingerprint density at radius 2 is 2.04 bits per heavy atom. The number of carbonyl (C=O) groups is 3. The summed E-state index contributed by atoms with van der Waals surface area (Å²) in [5.41, 5.74) is 1.06. The number of rotatable bonds is 3. The number of hydrogen-bond donors (Lipinski definition) is 3. The van der Waals surface area contributed by atoms with Gasteiger partial charge in [-0.3, -0.25) is 19.7 Å². The number of Topliss-reactive ketones (excluding diaryl/α,β-unsaturated/α-hetero) is 1. The third kappa shape index (κ3) is 3.10. The number of pyridine rings is 1. The molecule has 3 aromatic heterocycles. The Labute approximate surface area is 155 Å². The maximum Gasteiger partial charge on any atom is 0.296 e. The monoisotopic (exact) mass is 388 g/mol. The topological polar surface area (TPSA) is 130 Å². The van der Waals surface area contributed by atoms with Crippen molar-refractivity contribution in [3.05, 3.63) is 35.5 Å². The molecular formula is C16H10ClFN6O3. The molecule has 1 atom stereocenters. The Hall–Kier alpha value is -3.40. The number of nitrogens with one attached hydrogen (secondary N) is 3. The normalized spacial score (nSPS) is 17.3. The molecule has 0 spiro atoms. The summed E-state index contributed by atoms with van der Waals surface area (Å²) in [6.07, 6.45) is 3.68. The predicted molar refractivity (Wildman–Crippen MR) is 92.3 cm³/mol. The lowest BCUT2D eigenvalue weighted by Crippen LogP contribution is -2.51. The first-order valence-electron chi connectivity index (χ1n) is 7.72. The van der Waals surface area contributed by atoms with Crippen LogP contribution in [-0.2, 0) is 14.4 Å². The summed E-state index contributed by atoms with van der Waals surface area (Å²) >= 11 is 5.97. The second kappa shape index (κ2) is 6.40. The number of amides is 2. The van der Waals surface area contributed by atoms with Crippen LogP contribution in [0.5, 0.6) is 0 Å². The van der Waals surface area contributed by atoms with Gasteiger partial charge in [0.1, 0.15) is 11.7 Å². The van der Waals surface area contributed by atoms with Crippen molar-refractivity contribution < 1.29 is 18.8 Å². The number of piperidine rings is 1. The van der Waals surface area contributed by atoms with Gasteiger partial charge >= 0.3 is 0 Å². The van der Waals surface area contributed by atoms with Crippen LogP contribution < -0.4 is 10.6 Å². The van der Waals surface area contributed by atoms with Crippen LogP contribution in [0.2, 0.25) is 5.02 Å². The maximum atomic E-state index is 14.1. The SMILES string of the molecule is O=C1C[C@H](Nc2nc(-c3c[nH]c4ncc(Cl)cc34)ncc2F)C(=O)C(=O)N1. The fourth-order valence-electron chi connectivity index (χ4n) is 2.72. The summed E-state index contributed by atoms with van der Waals surface area (Å²) in [4.78, 5) is 49.9. The minimum Gasteiger partial charge on any atom is -0.357 e. The van der Waals surface area contributed by atoms with Crippen molar-refractivity contribution in [2.75, 3.05) is 5.32 Å². The molecule has 11 heteroatoms. The molecule has 0 aromatic carbocycles. The van der Waals surface area contributed by atoms with E-state index in [1.54, 1.807) is 12.3 Å². The second-order valence-corrected chi connectivity index (χ2v) is 6.22. The van der Waals surface area contributed by atoms with E-state index in [2.05, 4.69) is 25.3 Å². The summed E-state index contributed by atoms with van der Waals surface area (Å²) < 4.78 is 14.1. The fraction of sp³-hybridized carbons (Fsp3) is 0.125. The highest BCUT2D eigenvalue weighted by molar-refractivity contribution is 6.43. The molecule has 4 rings (SSSR count). The minimum absolute atomic E-state index is 0.147. The zero-order valence-corrected chi connectivity index (χ0v) is 14.2. The molecule has 3 aromatic rings. The summed E-state index contributed by atoms with van der Waals surface area (Å²) in [6.45, 7) is 0. The number of aromatic amines is 1. The van der Waals surface area contributed by atoms with E-state index < -0.39 is 29.5 Å². The van der Waals surface area contributed by atoms with Crippen LogP contribution in [0.4, 0.5) is 10.2 Å². The third-order valence-corrected chi connectivity index (χ3v) is 4.18. The number of fused-ring (bicyclic) bond motifs is 1. The zero-order valence-electron chi connectivity index (χ0n) is 13.4. The molecule has 1 saturated heterocycles. The number of H-pyrrole nitrogens is 1. The number of carbonyl (C=O) groups excluding carboxylic acids is 3. The van der Waals surface area contributed by atoms with Gasteiger partial charge in [0.25, 0.3) is 5.91 Å². The zero-order chi connectivity index (χ0) is 19.1. The van der Waals surface area contributed by atoms with Gasteiger partial charge in [0.05, 0.1) is 17.6 Å². The lowest BCUT2D eigenvalue weighted by atomic mass is 10.0. The number of halogens is 2. The lowest BCUT2D eigenvalue weighted by molar-refractivity contribution is -0.144. The number of anilines is 1. The predicted octanol–water partition coefficient (Wildman–Crippen LogP) is 1.21. The number of ketones is 1. The van der Waals surface area contributed by atoms with Crippen molar-refractivity contribution in [1.29, 1.82) is 0 Å². The van der Waals surface area contributed by atoms with Crippen molar-refractivity contribution in [3.63, 3.8) is 0 Å². The van der Waals surface area contributed by atoms with E-state index in [4.69, 9.17) is 11.6 Å². The van der Waals surface area contributed by atoms with E-state index in [0.29, 0.717) is 21.6 Å². The van der Waals surface area contributed by atoms with Crippen LogP contribution in [0.25, 0.3) is 22.4 Å². The lowest BCUT2D eigenvalue weighted by Gasteiger charge is -2.21. The van der Waals surface area contributed by atoms with Gasteiger partial charge in [0.15, 0.2) is 17.5 Å². The van der Waals surface area contributed by atoms with E-state index in [1.807, 2.05) is 5.32 Å². The molecule has 0 saturated carbocycles. The molecule has 1 fully saturated rings. The Bertz CT molecular complexity index is 1110. The number of nitrogens with zero attached hydrogens (tertiary/aromatic N) is 3. The average molecular weight is 389 g/mol. The maximum absolute atomic E-state index is 14.1. The van der Waals surface area contributed by atoms with Gasteiger partial charge in [-0.05, 0) is 6.07 Å². The molecule has 0 bridgehead atoms. The first-order chi connectivity index (χ1) is 12.9. The van der Waals surface area contributed by atoms with Gasteiger partial charge in [-0.1, -0.05) is 11.6 Å². The quantitative estimate of drug-likeness (QED) is 0.454. The van der Waals surface area contributed by atoms with E-state index in [0.717, 1.165) is 6.20 Å². The van der Waals surface area contributed by atoms with Gasteiger partial charge in [-0.15, -0.1) is 0 Å². The molecule has 1 aliphatic heterocycles. The second-order valence-electron chi connectivity index (χ2n) is 5.78. The van der Waals surface area contributed by atoms with Crippen molar-refractivity contribution in [1.82, 2.24) is 25.3 Å². The molecule has 0 aliphatic carbocycles. The highest BCUT2D eigenvalue weighted by Gasteiger charge is 2.34. The van der Waals surface area contributed by atoms with Crippen molar-refractivity contribution in [2.24, 2.45) is 0 Å². The van der Waals surface area contributed by atoms with Crippen LogP contribution in [-0.4, -0.2) is 43.6 Å². The van der Waals surface area contributed by atoms with Crippen LogP contribution in [0.1, 0.15) is 6.42 Å². The highest BCUT2D eigenvalue weighted by Crippen LogP contribution is 2.28. The molecule has 1 aliphatic rings. The van der Waals surface area contributed by atoms with Gasteiger partial charge in [0.2, 0.25) is 11.7 Å². The molecular weight excluding hydrogens is 379 g/mol. The summed E-state index contributed by atoms with van der Waals surface area (Å²) in [5.74, 6) is -3.54. The molecule has 0 unspecified atom stereocenters. The van der Waals surface area contributed by atoms with Crippen molar-refractivity contribution in [2.45, 2.75) is 12.5 Å². The van der Waals surface area contributed by atoms with E-state index in [1.165, 1.54) is 6.20 Å². The number of hydrogen-bond acceptors (Lipinski definition) is 7. The molecule has 2 amide bonds. The third-order valence-electron chi connectivity index (χ3n) is 3.98. The van der Waals surface area contributed by atoms with Crippen LogP contribution in [0.15, 0.2) is 24.7 Å². The summed E-state index contributed by atoms with van der Waals surface area (Å²) in [7, 11) is 0. The Balaban J connectivity index is 1.71. The Morgan fingerprint density at radius 3 is 2.85 bits per heavy atom. The van der Waals surface area contributed by atoms with Gasteiger partial charge < -0.3 is 10.3 Å². The smallest absolute Gasteiger partial charge is 0.296 e. The molecule has 3 N–H and O–H groups in total. The number of imide groups is 1. The van der Waals surface area contributed by atoms with E-state index in [9.17, 15) is 18.8 Å². The Morgan fingerprint density at radius 1 is 1.22 bits per heavy atom. The van der Waals surface area contributed by atoms with Crippen molar-refractivity contribution in [3.8, 4) is 11.4 Å². The molecule has 9 nitrogen and oxygen atoms in total. The molecule has 136 valence electrons. The minimum atomic E-state index is -1.21. The van der Waals surface area contributed by atoms with Gasteiger partial charge in [0, 0.05) is 23.3 Å². The van der Waals surface area contributed by atoms with Gasteiger partial charge in [-0.2, -0.15) is 0 Å². The Kier molecular flexibility index (Phi) is 4.04. The fourth-order valence-corrected chi connectivity index (χ4v) is 2.88. The first kappa shape index (κ1) is 17.0. The standard InChI is InChI=1S/C16H10ClFN6O3/c17-6-1-7-8(4-20-13(7)19-3-6)14-21-5-9(18)15(24-14)22-10-2-11(25)23-16(27)12(10)26/h1,3-5,10H,2H2,(H,19,20)(H,21,22,24)(H,23,25,27)/t10-/m0/s1. The largest absolute Gasteiger partial charge is 0.357 e. The van der Waals surface area contributed by atoms with Crippen LogP contribution in [0.3, 0.4) is 0 Å². The van der Waals surface area contributed by atoms with Gasteiger partial charge in [-0.25, -0.2) is 19.3 Å². The first-order valence-corrected chi connectivity index (χ1v) is 8.10. The van der Waals surface area contributed by atoms with Crippen LogP contribution in [0, 0.1) is 5.82 Å². The summed E-state index contributed by atoms with van der Waals surface area (Å²) in [6, 6.07) is 0.450. The molecule has 0 radical (unpaired) electrons. The molecule has 27 heavy (non-hydrogen) atoms. The van der Waals surface area contributed by atoms with E-state index in [-0.39, 0.29) is 18.1 Å². The highest BCUT2D eigenvalue weighted by atomic mass is 35.5. The summed E-state index contributed by atoms with van der Waals surface area (Å²) in [5, 5.41) is 5.45. The van der Waals surface area contributed by atoms with Crippen molar-refractivity contribution >= 4 is 46.0 Å².